The Bertz CT molecular complexity index is 910. The summed E-state index contributed by atoms with van der Waals surface area (Å²) in [4.78, 5) is 13.1. The molecule has 4 fully saturated rings. The lowest BCUT2D eigenvalue weighted by Crippen LogP contribution is -2.52. The average molecular weight is 458 g/mol. The van der Waals surface area contributed by atoms with Gasteiger partial charge in [-0.15, -0.1) is 0 Å². The molecule has 0 unspecified atom stereocenters. The Morgan fingerprint density at radius 3 is 1.97 bits per heavy atom. The van der Waals surface area contributed by atoms with Crippen molar-refractivity contribution < 1.29 is 26.4 Å². The Balaban J connectivity index is 1.38. The third-order valence-electron chi connectivity index (χ3n) is 7.59. The summed E-state index contributed by atoms with van der Waals surface area (Å²) in [6.07, 6.45) is 2.06. The van der Waals surface area contributed by atoms with E-state index in [-0.39, 0.29) is 11.3 Å². The molecule has 4 saturated carbocycles. The van der Waals surface area contributed by atoms with E-state index in [4.69, 9.17) is 0 Å². The highest BCUT2D eigenvalue weighted by atomic mass is 32.2. The van der Waals surface area contributed by atoms with Crippen LogP contribution in [0.3, 0.4) is 0 Å². The summed E-state index contributed by atoms with van der Waals surface area (Å²) < 4.78 is 65.9. The molecule has 0 heterocycles. The van der Waals surface area contributed by atoms with E-state index in [1.165, 1.54) is 32.1 Å². The molecule has 1 N–H and O–H groups in total. The van der Waals surface area contributed by atoms with Crippen LogP contribution in [-0.2, 0) is 26.7 Å². The molecule has 4 bridgehead atoms. The summed E-state index contributed by atoms with van der Waals surface area (Å²) in [7, 11) is -3.90. The normalized spacial score (nSPS) is 30.5. The van der Waals surface area contributed by atoms with Gasteiger partial charge in [-0.2, -0.15) is 13.2 Å². The number of carbonyl (C=O) groups is 1. The van der Waals surface area contributed by atoms with Crippen molar-refractivity contribution in [2.45, 2.75) is 69.8 Å². The third-order valence-corrected chi connectivity index (χ3v) is 9.12. The summed E-state index contributed by atoms with van der Waals surface area (Å²) in [6.45, 7) is 3.16. The van der Waals surface area contributed by atoms with E-state index >= 15 is 0 Å². The van der Waals surface area contributed by atoms with Crippen LogP contribution in [0.15, 0.2) is 24.3 Å². The Kier molecular flexibility index (Phi) is 5.78. The first-order valence-electron chi connectivity index (χ1n) is 11.0. The quantitative estimate of drug-likeness (QED) is 0.631. The molecule has 0 aromatic heterocycles. The Labute approximate surface area is 182 Å². The lowest BCUT2D eigenvalue weighted by atomic mass is 9.51. The Morgan fingerprint density at radius 2 is 1.48 bits per heavy atom. The molecule has 1 aromatic rings. The van der Waals surface area contributed by atoms with Crippen LogP contribution < -0.4 is 4.72 Å². The molecule has 0 atom stereocenters. The van der Waals surface area contributed by atoms with E-state index in [1.807, 2.05) is 0 Å². The minimum Gasteiger partial charge on any atom is -0.298 e. The van der Waals surface area contributed by atoms with Crippen LogP contribution in [0.1, 0.15) is 63.5 Å². The van der Waals surface area contributed by atoms with Gasteiger partial charge in [0.25, 0.3) is 0 Å². The van der Waals surface area contributed by atoms with E-state index in [2.05, 4.69) is 4.72 Å². The van der Waals surface area contributed by atoms with Crippen LogP contribution >= 0.6 is 0 Å². The highest BCUT2D eigenvalue weighted by Gasteiger charge is 2.49. The maximum atomic E-state index is 13.1. The van der Waals surface area contributed by atoms with Gasteiger partial charge >= 0.3 is 6.18 Å². The number of Topliss-reactive ketones (excluding diaryl/α,β-unsaturated/α-hetero) is 1. The van der Waals surface area contributed by atoms with Gasteiger partial charge < -0.3 is 0 Å². The van der Waals surface area contributed by atoms with Gasteiger partial charge in [0.1, 0.15) is 0 Å². The first-order chi connectivity index (χ1) is 14.3. The summed E-state index contributed by atoms with van der Waals surface area (Å²) in [5, 5.41) is 0. The van der Waals surface area contributed by atoms with Crippen molar-refractivity contribution >= 4 is 15.8 Å². The molecule has 0 aliphatic heterocycles. The molecule has 0 saturated heterocycles. The molecule has 4 aliphatic rings. The second-order valence-corrected chi connectivity index (χ2v) is 12.1. The van der Waals surface area contributed by atoms with Crippen LogP contribution in [-0.4, -0.2) is 19.7 Å². The summed E-state index contributed by atoms with van der Waals surface area (Å²) in [5.41, 5.74) is -1.84. The number of carbonyl (C=O) groups excluding carboxylic acids is 1. The van der Waals surface area contributed by atoms with Crippen molar-refractivity contribution in [2.75, 3.05) is 0 Å². The zero-order chi connectivity index (χ0) is 22.6. The standard InChI is InChI=1S/C23H30F3NO3S/c1-22(2,21(28)12-20-17-8-15-7-16(10-17)11-18(20)9-15)27-31(29,30)13-14-3-5-19(6-4-14)23(24,25)26/h3-6,15-18,20,27H,7-13H2,1-2H3. The number of rotatable bonds is 7. The molecule has 31 heavy (non-hydrogen) atoms. The second kappa shape index (κ2) is 7.87. The van der Waals surface area contributed by atoms with Gasteiger partial charge in [-0.3, -0.25) is 4.79 Å². The highest BCUT2D eigenvalue weighted by Crippen LogP contribution is 2.57. The fourth-order valence-corrected chi connectivity index (χ4v) is 7.93. The van der Waals surface area contributed by atoms with Crippen LogP contribution in [0.4, 0.5) is 13.2 Å². The van der Waals surface area contributed by atoms with Gasteiger partial charge in [0.2, 0.25) is 10.0 Å². The first kappa shape index (κ1) is 22.8. The van der Waals surface area contributed by atoms with Gasteiger partial charge in [0.05, 0.1) is 16.9 Å². The molecule has 8 heteroatoms. The van der Waals surface area contributed by atoms with E-state index in [0.29, 0.717) is 24.2 Å². The minimum atomic E-state index is -4.47. The molecule has 172 valence electrons. The summed E-state index contributed by atoms with van der Waals surface area (Å²) in [6, 6.07) is 4.05. The largest absolute Gasteiger partial charge is 0.416 e. The minimum absolute atomic E-state index is 0.110. The van der Waals surface area contributed by atoms with Crippen molar-refractivity contribution in [1.82, 2.24) is 4.72 Å². The zero-order valence-corrected chi connectivity index (χ0v) is 18.7. The number of nitrogens with one attached hydrogen (secondary N) is 1. The fourth-order valence-electron chi connectivity index (χ4n) is 6.33. The lowest BCUT2D eigenvalue weighted by Gasteiger charge is -2.54. The maximum absolute atomic E-state index is 13.1. The van der Waals surface area contributed by atoms with Crippen molar-refractivity contribution in [1.29, 1.82) is 0 Å². The van der Waals surface area contributed by atoms with Gasteiger partial charge in [0, 0.05) is 6.42 Å². The number of alkyl halides is 3. The van der Waals surface area contributed by atoms with E-state index in [9.17, 15) is 26.4 Å². The molecular formula is C23H30F3NO3S. The number of benzene rings is 1. The number of halogens is 3. The van der Waals surface area contributed by atoms with E-state index in [1.54, 1.807) is 13.8 Å². The molecule has 5 rings (SSSR count). The Morgan fingerprint density at radius 1 is 0.968 bits per heavy atom. The number of hydrogen-bond donors (Lipinski definition) is 1. The summed E-state index contributed by atoms with van der Waals surface area (Å²) >= 11 is 0. The molecular weight excluding hydrogens is 427 g/mol. The highest BCUT2D eigenvalue weighted by molar-refractivity contribution is 7.88. The van der Waals surface area contributed by atoms with Crippen molar-refractivity contribution in [2.24, 2.45) is 29.6 Å². The van der Waals surface area contributed by atoms with Gasteiger partial charge in [-0.1, -0.05) is 12.1 Å². The van der Waals surface area contributed by atoms with Gasteiger partial charge in [-0.25, -0.2) is 13.1 Å². The zero-order valence-electron chi connectivity index (χ0n) is 17.9. The predicted octanol–water partition coefficient (Wildman–Crippen LogP) is 4.93. The smallest absolute Gasteiger partial charge is 0.298 e. The molecule has 0 amide bonds. The maximum Gasteiger partial charge on any atom is 0.416 e. The second-order valence-electron chi connectivity index (χ2n) is 10.4. The van der Waals surface area contributed by atoms with Crippen LogP contribution in [0.25, 0.3) is 0 Å². The van der Waals surface area contributed by atoms with Crippen LogP contribution in [0.2, 0.25) is 0 Å². The third kappa shape index (κ3) is 5.00. The van der Waals surface area contributed by atoms with Crippen LogP contribution in [0, 0.1) is 29.6 Å². The van der Waals surface area contributed by atoms with E-state index in [0.717, 1.165) is 36.1 Å². The molecule has 4 nitrogen and oxygen atoms in total. The number of sulfonamides is 1. The first-order valence-corrected chi connectivity index (χ1v) is 12.7. The van der Waals surface area contributed by atoms with Gasteiger partial charge in [-0.05, 0) is 93.2 Å². The van der Waals surface area contributed by atoms with Crippen molar-refractivity contribution in [3.05, 3.63) is 35.4 Å². The van der Waals surface area contributed by atoms with Crippen LogP contribution in [0.5, 0.6) is 0 Å². The monoisotopic (exact) mass is 457 g/mol. The number of hydrogen-bond acceptors (Lipinski definition) is 3. The lowest BCUT2D eigenvalue weighted by molar-refractivity contribution is -0.137. The fraction of sp³-hybridized carbons (Fsp3) is 0.696. The number of ketones is 1. The molecule has 0 spiro atoms. The van der Waals surface area contributed by atoms with Crippen molar-refractivity contribution in [3.63, 3.8) is 0 Å². The Hall–Kier alpha value is -1.41. The topological polar surface area (TPSA) is 63.2 Å². The van der Waals surface area contributed by atoms with Crippen molar-refractivity contribution in [3.8, 4) is 0 Å². The summed E-state index contributed by atoms with van der Waals surface area (Å²) in [5.74, 6) is 2.55. The molecule has 1 aromatic carbocycles. The SMILES string of the molecule is CC(C)(NS(=O)(=O)Cc1ccc(C(F)(F)F)cc1)C(=O)CC1C2CC3CC(C2)CC1C3. The average Bonchev–Trinajstić information content (AvgIpc) is 2.62. The van der Waals surface area contributed by atoms with E-state index < -0.39 is 33.1 Å². The molecule has 4 aliphatic carbocycles. The molecule has 0 radical (unpaired) electrons. The van der Waals surface area contributed by atoms with Gasteiger partial charge in [0.15, 0.2) is 5.78 Å². The predicted molar refractivity (Wildman–Crippen MR) is 111 cm³/mol.